The zero-order valence-electron chi connectivity index (χ0n) is 10.4. The Morgan fingerprint density at radius 3 is 2.81 bits per heavy atom. The van der Waals surface area contributed by atoms with Crippen molar-refractivity contribution >= 4 is 0 Å². The minimum atomic E-state index is 0.482. The van der Waals surface area contributed by atoms with Crippen LogP contribution in [0.5, 0.6) is 5.75 Å². The number of hydrogen-bond acceptors (Lipinski definition) is 2. The van der Waals surface area contributed by atoms with Crippen LogP contribution < -0.4 is 10.1 Å². The van der Waals surface area contributed by atoms with Crippen molar-refractivity contribution in [2.75, 3.05) is 13.7 Å². The van der Waals surface area contributed by atoms with Gasteiger partial charge in [0, 0.05) is 6.04 Å². The van der Waals surface area contributed by atoms with Gasteiger partial charge >= 0.3 is 0 Å². The van der Waals surface area contributed by atoms with Crippen molar-refractivity contribution < 1.29 is 4.74 Å². The highest BCUT2D eigenvalue weighted by Crippen LogP contribution is 2.47. The molecule has 1 aliphatic rings. The molecule has 1 fully saturated rings. The lowest BCUT2D eigenvalue weighted by Gasteiger charge is -2.17. The summed E-state index contributed by atoms with van der Waals surface area (Å²) >= 11 is 0. The van der Waals surface area contributed by atoms with Crippen LogP contribution >= 0.6 is 0 Å². The molecule has 2 heteroatoms. The molecule has 0 aliphatic heterocycles. The molecule has 0 radical (unpaired) electrons. The van der Waals surface area contributed by atoms with Gasteiger partial charge in [0.25, 0.3) is 0 Å². The fraction of sp³-hybridized carbons (Fsp3) is 0.571. The topological polar surface area (TPSA) is 21.3 Å². The molecule has 2 rings (SSSR count). The molecule has 0 aromatic heterocycles. The predicted molar refractivity (Wildman–Crippen MR) is 66.7 cm³/mol. The molecule has 0 bridgehead atoms. The first-order valence-corrected chi connectivity index (χ1v) is 6.16. The molecule has 3 atom stereocenters. The molecule has 16 heavy (non-hydrogen) atoms. The van der Waals surface area contributed by atoms with Gasteiger partial charge in [-0.2, -0.15) is 0 Å². The largest absolute Gasteiger partial charge is 0.494 e. The van der Waals surface area contributed by atoms with E-state index in [4.69, 9.17) is 4.74 Å². The molecule has 1 aromatic rings. The highest BCUT2D eigenvalue weighted by atomic mass is 16.5. The van der Waals surface area contributed by atoms with Crippen molar-refractivity contribution in [3.63, 3.8) is 0 Å². The molecule has 1 aromatic carbocycles. The van der Waals surface area contributed by atoms with Crippen molar-refractivity contribution in [3.05, 3.63) is 29.8 Å². The standard InChI is InChI=1S/C14H21NO/c1-4-16-12-7-5-6-11(9-12)14(15-3)13-8-10(13)2/h5-7,9-10,13-15H,4,8H2,1-3H3. The summed E-state index contributed by atoms with van der Waals surface area (Å²) in [5, 5.41) is 3.42. The van der Waals surface area contributed by atoms with E-state index in [9.17, 15) is 0 Å². The van der Waals surface area contributed by atoms with Gasteiger partial charge in [-0.05, 0) is 49.9 Å². The second-order valence-corrected chi connectivity index (χ2v) is 4.65. The summed E-state index contributed by atoms with van der Waals surface area (Å²) < 4.78 is 5.54. The Kier molecular flexibility index (Phi) is 3.49. The number of benzene rings is 1. The van der Waals surface area contributed by atoms with E-state index in [1.54, 1.807) is 0 Å². The lowest BCUT2D eigenvalue weighted by Crippen LogP contribution is -2.19. The fourth-order valence-corrected chi connectivity index (χ4v) is 2.41. The molecule has 1 saturated carbocycles. The molecule has 2 nitrogen and oxygen atoms in total. The van der Waals surface area contributed by atoms with E-state index in [-0.39, 0.29) is 0 Å². The van der Waals surface area contributed by atoms with Gasteiger partial charge in [-0.3, -0.25) is 0 Å². The number of ether oxygens (including phenoxy) is 1. The summed E-state index contributed by atoms with van der Waals surface area (Å²) in [4.78, 5) is 0. The summed E-state index contributed by atoms with van der Waals surface area (Å²) in [6.07, 6.45) is 1.34. The fourth-order valence-electron chi connectivity index (χ4n) is 2.41. The van der Waals surface area contributed by atoms with E-state index in [0.717, 1.165) is 24.2 Å². The number of rotatable bonds is 5. The Bertz CT molecular complexity index is 350. The van der Waals surface area contributed by atoms with Gasteiger partial charge < -0.3 is 10.1 Å². The van der Waals surface area contributed by atoms with Gasteiger partial charge in [0.05, 0.1) is 6.61 Å². The van der Waals surface area contributed by atoms with Crippen LogP contribution in [0.4, 0.5) is 0 Å². The summed E-state index contributed by atoms with van der Waals surface area (Å²) in [6, 6.07) is 8.94. The monoisotopic (exact) mass is 219 g/mol. The van der Waals surface area contributed by atoms with Gasteiger partial charge in [-0.15, -0.1) is 0 Å². The van der Waals surface area contributed by atoms with E-state index in [1.165, 1.54) is 12.0 Å². The average Bonchev–Trinajstić information content (AvgIpc) is 2.98. The predicted octanol–water partition coefficient (Wildman–Crippen LogP) is 3.00. The van der Waals surface area contributed by atoms with E-state index in [1.807, 2.05) is 20.0 Å². The van der Waals surface area contributed by atoms with E-state index >= 15 is 0 Å². The molecule has 0 spiro atoms. The molecule has 3 unspecified atom stereocenters. The third-order valence-electron chi connectivity index (χ3n) is 3.44. The maximum atomic E-state index is 5.54. The Hall–Kier alpha value is -1.02. The maximum Gasteiger partial charge on any atom is 0.119 e. The smallest absolute Gasteiger partial charge is 0.119 e. The van der Waals surface area contributed by atoms with E-state index < -0.39 is 0 Å². The van der Waals surface area contributed by atoms with Gasteiger partial charge in [0.2, 0.25) is 0 Å². The first-order chi connectivity index (χ1) is 7.76. The summed E-state index contributed by atoms with van der Waals surface area (Å²) in [7, 11) is 2.04. The number of nitrogens with one attached hydrogen (secondary N) is 1. The zero-order chi connectivity index (χ0) is 11.5. The highest BCUT2D eigenvalue weighted by Gasteiger charge is 2.39. The molecule has 1 N–H and O–H groups in total. The van der Waals surface area contributed by atoms with Gasteiger partial charge in [-0.1, -0.05) is 19.1 Å². The molecular formula is C14H21NO. The third-order valence-corrected chi connectivity index (χ3v) is 3.44. The molecule has 1 aliphatic carbocycles. The Labute approximate surface area is 98.0 Å². The molecular weight excluding hydrogens is 198 g/mol. The van der Waals surface area contributed by atoms with Gasteiger partial charge in [0.15, 0.2) is 0 Å². The van der Waals surface area contributed by atoms with Crippen molar-refractivity contribution in [2.24, 2.45) is 11.8 Å². The van der Waals surface area contributed by atoms with Crippen LogP contribution in [0.3, 0.4) is 0 Å². The lowest BCUT2D eigenvalue weighted by atomic mass is 10.0. The Morgan fingerprint density at radius 1 is 1.50 bits per heavy atom. The van der Waals surface area contributed by atoms with Crippen molar-refractivity contribution in [1.29, 1.82) is 0 Å². The maximum absolute atomic E-state index is 5.54. The quantitative estimate of drug-likeness (QED) is 0.822. The SMILES string of the molecule is CCOc1cccc(C(NC)C2CC2C)c1. The molecule has 0 amide bonds. The molecule has 88 valence electrons. The van der Waals surface area contributed by atoms with Crippen molar-refractivity contribution in [1.82, 2.24) is 5.32 Å². The summed E-state index contributed by atoms with van der Waals surface area (Å²) in [5.74, 6) is 2.63. The number of hydrogen-bond donors (Lipinski definition) is 1. The first kappa shape index (κ1) is 11.5. The van der Waals surface area contributed by atoms with Gasteiger partial charge in [0.1, 0.15) is 5.75 Å². The van der Waals surface area contributed by atoms with Crippen LogP contribution in [-0.2, 0) is 0 Å². The van der Waals surface area contributed by atoms with Crippen LogP contribution in [0.15, 0.2) is 24.3 Å². The van der Waals surface area contributed by atoms with Crippen LogP contribution in [0.1, 0.15) is 31.9 Å². The van der Waals surface area contributed by atoms with Crippen molar-refractivity contribution in [3.8, 4) is 5.75 Å². The van der Waals surface area contributed by atoms with E-state index in [0.29, 0.717) is 6.04 Å². The Morgan fingerprint density at radius 2 is 2.25 bits per heavy atom. The molecule has 0 saturated heterocycles. The second-order valence-electron chi connectivity index (χ2n) is 4.65. The Balaban J connectivity index is 2.14. The normalized spacial score (nSPS) is 25.2. The summed E-state index contributed by atoms with van der Waals surface area (Å²) in [6.45, 7) is 5.07. The first-order valence-electron chi connectivity index (χ1n) is 6.16. The average molecular weight is 219 g/mol. The van der Waals surface area contributed by atoms with Crippen LogP contribution in [0, 0.1) is 11.8 Å². The second kappa shape index (κ2) is 4.88. The molecule has 0 heterocycles. The minimum Gasteiger partial charge on any atom is -0.494 e. The zero-order valence-corrected chi connectivity index (χ0v) is 10.4. The van der Waals surface area contributed by atoms with Crippen LogP contribution in [0.25, 0.3) is 0 Å². The summed E-state index contributed by atoms with van der Waals surface area (Å²) in [5.41, 5.74) is 1.35. The van der Waals surface area contributed by atoms with Crippen molar-refractivity contribution in [2.45, 2.75) is 26.3 Å². The lowest BCUT2D eigenvalue weighted by molar-refractivity contribution is 0.339. The van der Waals surface area contributed by atoms with Crippen LogP contribution in [0.2, 0.25) is 0 Å². The third kappa shape index (κ3) is 2.38. The highest BCUT2D eigenvalue weighted by molar-refractivity contribution is 5.31. The van der Waals surface area contributed by atoms with Gasteiger partial charge in [-0.25, -0.2) is 0 Å². The van der Waals surface area contributed by atoms with E-state index in [2.05, 4.69) is 30.4 Å². The van der Waals surface area contributed by atoms with Crippen LogP contribution in [-0.4, -0.2) is 13.7 Å². The minimum absolute atomic E-state index is 0.482.